The second-order valence-electron chi connectivity index (χ2n) is 3.09. The van der Waals surface area contributed by atoms with E-state index in [9.17, 15) is 4.79 Å². The summed E-state index contributed by atoms with van der Waals surface area (Å²) in [6.07, 6.45) is 3.36. The fourth-order valence-corrected chi connectivity index (χ4v) is 1.26. The smallest absolute Gasteiger partial charge is 0.221 e. The summed E-state index contributed by atoms with van der Waals surface area (Å²) in [6, 6.07) is 0. The predicted octanol–water partition coefficient (Wildman–Crippen LogP) is 1.22. The molecule has 2 aromatic heterocycles. The minimum Gasteiger partial charge on any atom is -0.343 e. The van der Waals surface area contributed by atoms with Gasteiger partial charge >= 0.3 is 0 Å². The Kier molecular flexibility index (Phi) is 1.92. The number of carbonyl (C=O) groups excluding carboxylic acids is 1. The van der Waals surface area contributed by atoms with Crippen LogP contribution in [0.2, 0.25) is 0 Å². The molecule has 0 atom stereocenters. The van der Waals surface area contributed by atoms with E-state index in [4.69, 9.17) is 0 Å². The van der Waals surface area contributed by atoms with Gasteiger partial charge in [-0.2, -0.15) is 0 Å². The first-order chi connectivity index (χ1) is 6.66. The van der Waals surface area contributed by atoms with Gasteiger partial charge in [0.15, 0.2) is 5.65 Å². The molecule has 0 saturated carbocycles. The van der Waals surface area contributed by atoms with Gasteiger partial charge in [-0.25, -0.2) is 9.97 Å². The molecule has 0 fully saturated rings. The maximum atomic E-state index is 10.9. The highest BCUT2D eigenvalue weighted by molar-refractivity contribution is 5.97. The summed E-state index contributed by atoms with van der Waals surface area (Å²) < 4.78 is 0. The molecule has 0 bridgehead atoms. The van der Waals surface area contributed by atoms with Gasteiger partial charge in [0.25, 0.3) is 0 Å². The first-order valence-electron chi connectivity index (χ1n) is 4.25. The molecule has 2 aromatic rings. The monoisotopic (exact) mass is 190 g/mol. The highest BCUT2D eigenvalue weighted by atomic mass is 16.1. The average Bonchev–Trinajstić information content (AvgIpc) is 2.47. The summed E-state index contributed by atoms with van der Waals surface area (Å²) in [5, 5.41) is 2.68. The molecule has 14 heavy (non-hydrogen) atoms. The number of fused-ring (bicyclic) bond motifs is 1. The Labute approximate surface area is 80.6 Å². The molecule has 5 heteroatoms. The molecule has 0 unspecified atom stereocenters. The first-order valence-corrected chi connectivity index (χ1v) is 4.25. The zero-order valence-corrected chi connectivity index (χ0v) is 7.96. The van der Waals surface area contributed by atoms with Crippen molar-refractivity contribution < 1.29 is 4.79 Å². The Bertz CT molecular complexity index is 489. The molecule has 0 saturated heterocycles. The molecule has 0 spiro atoms. The van der Waals surface area contributed by atoms with Crippen molar-refractivity contribution in [1.29, 1.82) is 0 Å². The van der Waals surface area contributed by atoms with Crippen LogP contribution in [-0.4, -0.2) is 20.9 Å². The highest BCUT2D eigenvalue weighted by Crippen LogP contribution is 2.18. The van der Waals surface area contributed by atoms with Crippen LogP contribution in [0.4, 0.5) is 5.69 Å². The number of amides is 1. The van der Waals surface area contributed by atoms with Crippen molar-refractivity contribution in [2.24, 2.45) is 0 Å². The van der Waals surface area contributed by atoms with Gasteiger partial charge in [-0.05, 0) is 6.92 Å². The van der Waals surface area contributed by atoms with Gasteiger partial charge in [-0.1, -0.05) is 0 Å². The Morgan fingerprint density at radius 3 is 3.07 bits per heavy atom. The molecule has 0 aliphatic heterocycles. The van der Waals surface area contributed by atoms with Gasteiger partial charge in [0.05, 0.1) is 17.6 Å². The molecule has 72 valence electrons. The molecule has 0 aliphatic carbocycles. The van der Waals surface area contributed by atoms with Crippen molar-refractivity contribution in [3.05, 3.63) is 18.1 Å². The van der Waals surface area contributed by atoms with E-state index in [1.54, 1.807) is 12.4 Å². The molecule has 2 rings (SSSR count). The number of nitrogens with one attached hydrogen (secondary N) is 2. The molecule has 2 heterocycles. The number of carbonyl (C=O) groups is 1. The van der Waals surface area contributed by atoms with Crippen molar-refractivity contribution in [2.75, 3.05) is 5.32 Å². The summed E-state index contributed by atoms with van der Waals surface area (Å²) >= 11 is 0. The SMILES string of the molecule is CC(=O)Nc1c[nH]c2ncc(C)nc12. The Balaban J connectivity index is 2.55. The minimum atomic E-state index is -0.116. The van der Waals surface area contributed by atoms with Gasteiger partial charge in [0, 0.05) is 13.1 Å². The zero-order chi connectivity index (χ0) is 10.1. The van der Waals surface area contributed by atoms with Gasteiger partial charge in [0.1, 0.15) is 5.52 Å². The molecular formula is C9H10N4O. The minimum absolute atomic E-state index is 0.116. The summed E-state index contributed by atoms with van der Waals surface area (Å²) in [4.78, 5) is 22.2. The van der Waals surface area contributed by atoms with Gasteiger partial charge < -0.3 is 10.3 Å². The van der Waals surface area contributed by atoms with E-state index in [2.05, 4.69) is 20.3 Å². The van der Waals surface area contributed by atoms with E-state index in [1.165, 1.54) is 6.92 Å². The number of aromatic amines is 1. The number of aromatic nitrogens is 3. The van der Waals surface area contributed by atoms with Crippen LogP contribution in [0.3, 0.4) is 0 Å². The van der Waals surface area contributed by atoms with E-state index in [-0.39, 0.29) is 5.91 Å². The first kappa shape index (κ1) is 8.68. The van der Waals surface area contributed by atoms with Crippen LogP contribution in [0.5, 0.6) is 0 Å². The van der Waals surface area contributed by atoms with E-state index < -0.39 is 0 Å². The third kappa shape index (κ3) is 1.44. The zero-order valence-electron chi connectivity index (χ0n) is 7.96. The summed E-state index contributed by atoms with van der Waals surface area (Å²) in [5.74, 6) is -0.116. The van der Waals surface area contributed by atoms with Crippen molar-refractivity contribution >= 4 is 22.8 Å². The molecule has 5 nitrogen and oxygen atoms in total. The second-order valence-corrected chi connectivity index (χ2v) is 3.09. The lowest BCUT2D eigenvalue weighted by Crippen LogP contribution is -2.05. The third-order valence-electron chi connectivity index (χ3n) is 1.81. The van der Waals surface area contributed by atoms with E-state index in [1.807, 2.05) is 6.92 Å². The predicted molar refractivity (Wildman–Crippen MR) is 52.9 cm³/mol. The maximum Gasteiger partial charge on any atom is 0.221 e. The fourth-order valence-electron chi connectivity index (χ4n) is 1.26. The number of anilines is 1. The average molecular weight is 190 g/mol. The van der Waals surface area contributed by atoms with Gasteiger partial charge in [-0.3, -0.25) is 4.79 Å². The molecule has 0 aromatic carbocycles. The van der Waals surface area contributed by atoms with Gasteiger partial charge in [0.2, 0.25) is 5.91 Å². The van der Waals surface area contributed by atoms with E-state index in [0.717, 1.165) is 5.69 Å². The Morgan fingerprint density at radius 1 is 1.57 bits per heavy atom. The van der Waals surface area contributed by atoms with Crippen molar-refractivity contribution in [3.8, 4) is 0 Å². The largest absolute Gasteiger partial charge is 0.343 e. The van der Waals surface area contributed by atoms with Gasteiger partial charge in [-0.15, -0.1) is 0 Å². The Morgan fingerprint density at radius 2 is 2.36 bits per heavy atom. The molecule has 0 aliphatic rings. The van der Waals surface area contributed by atoms with Crippen molar-refractivity contribution in [1.82, 2.24) is 15.0 Å². The Hall–Kier alpha value is -1.91. The second kappa shape index (κ2) is 3.10. The van der Waals surface area contributed by atoms with Crippen LogP contribution >= 0.6 is 0 Å². The number of hydrogen-bond acceptors (Lipinski definition) is 3. The van der Waals surface area contributed by atoms with Crippen LogP contribution in [0.1, 0.15) is 12.6 Å². The lowest BCUT2D eigenvalue weighted by atomic mass is 10.4. The number of nitrogens with zero attached hydrogens (tertiary/aromatic N) is 2. The summed E-state index contributed by atoms with van der Waals surface area (Å²) in [5.41, 5.74) is 2.87. The number of rotatable bonds is 1. The number of aryl methyl sites for hydroxylation is 1. The number of hydrogen-bond donors (Lipinski definition) is 2. The maximum absolute atomic E-state index is 10.9. The van der Waals surface area contributed by atoms with Crippen LogP contribution in [-0.2, 0) is 4.79 Å². The van der Waals surface area contributed by atoms with Crippen molar-refractivity contribution in [2.45, 2.75) is 13.8 Å². The van der Waals surface area contributed by atoms with Crippen LogP contribution in [0.15, 0.2) is 12.4 Å². The lowest BCUT2D eigenvalue weighted by Gasteiger charge is -1.98. The normalized spacial score (nSPS) is 10.4. The fraction of sp³-hybridized carbons (Fsp3) is 0.222. The molecular weight excluding hydrogens is 180 g/mol. The van der Waals surface area contributed by atoms with E-state index >= 15 is 0 Å². The molecule has 1 amide bonds. The standard InChI is InChI=1S/C9H10N4O/c1-5-3-10-9-8(12-5)7(4-11-9)13-6(2)14/h3-4H,1-2H3,(H,10,11)(H,13,14). The summed E-state index contributed by atoms with van der Waals surface area (Å²) in [6.45, 7) is 3.32. The van der Waals surface area contributed by atoms with Crippen LogP contribution < -0.4 is 5.32 Å². The quantitative estimate of drug-likeness (QED) is 0.710. The van der Waals surface area contributed by atoms with Crippen molar-refractivity contribution in [3.63, 3.8) is 0 Å². The molecule has 0 radical (unpaired) electrons. The summed E-state index contributed by atoms with van der Waals surface area (Å²) in [7, 11) is 0. The van der Waals surface area contributed by atoms with Crippen LogP contribution in [0, 0.1) is 6.92 Å². The van der Waals surface area contributed by atoms with Crippen LogP contribution in [0.25, 0.3) is 11.2 Å². The van der Waals surface area contributed by atoms with E-state index in [0.29, 0.717) is 16.9 Å². The molecule has 2 N–H and O–H groups in total. The third-order valence-corrected chi connectivity index (χ3v) is 1.81. The lowest BCUT2D eigenvalue weighted by molar-refractivity contribution is -0.114. The number of H-pyrrole nitrogens is 1. The topological polar surface area (TPSA) is 70.7 Å². The highest BCUT2D eigenvalue weighted by Gasteiger charge is 2.06.